The lowest BCUT2D eigenvalue weighted by atomic mass is 9.63. The molecule has 0 spiro atoms. The molecule has 0 aliphatic heterocycles. The number of hydrogen-bond donors (Lipinski definition) is 2. The minimum absolute atomic E-state index is 0.0667. The van der Waals surface area contributed by atoms with Crippen LogP contribution < -0.4 is 0 Å². The van der Waals surface area contributed by atoms with Crippen LogP contribution in [0.5, 0.6) is 0 Å². The summed E-state index contributed by atoms with van der Waals surface area (Å²) in [5.41, 5.74) is -1.16. The van der Waals surface area contributed by atoms with E-state index in [4.69, 9.17) is 5.11 Å². The fourth-order valence-corrected chi connectivity index (χ4v) is 3.94. The van der Waals surface area contributed by atoms with E-state index >= 15 is 0 Å². The minimum Gasteiger partial charge on any atom is -0.481 e. The van der Waals surface area contributed by atoms with Crippen molar-refractivity contribution in [1.82, 2.24) is 0 Å². The molecule has 0 aromatic carbocycles. The molecule has 2 aliphatic rings. The Kier molecular flexibility index (Phi) is 2.01. The Morgan fingerprint density at radius 1 is 1.40 bits per heavy atom. The van der Waals surface area contributed by atoms with Crippen molar-refractivity contribution in [3.05, 3.63) is 0 Å². The Labute approximate surface area is 90.5 Å². The average Bonchev–Trinajstić information content (AvgIpc) is 2.34. The summed E-state index contributed by atoms with van der Waals surface area (Å²) in [6, 6.07) is 0. The van der Waals surface area contributed by atoms with Gasteiger partial charge in [-0.25, -0.2) is 0 Å². The molecule has 0 unspecified atom stereocenters. The van der Waals surface area contributed by atoms with E-state index in [0.29, 0.717) is 12.3 Å². The molecule has 2 rings (SSSR count). The molecule has 3 atom stereocenters. The largest absolute Gasteiger partial charge is 0.481 e. The van der Waals surface area contributed by atoms with E-state index in [1.165, 1.54) is 0 Å². The van der Waals surface area contributed by atoms with Crippen LogP contribution in [0.3, 0.4) is 0 Å². The predicted octanol–water partition coefficient (Wildman–Crippen LogP) is 2.04. The first-order valence-electron chi connectivity index (χ1n) is 5.67. The molecule has 0 heterocycles. The second kappa shape index (κ2) is 2.76. The van der Waals surface area contributed by atoms with Crippen molar-refractivity contribution in [2.45, 2.75) is 52.1 Å². The highest BCUT2D eigenvalue weighted by Gasteiger charge is 2.68. The monoisotopic (exact) mass is 212 g/mol. The summed E-state index contributed by atoms with van der Waals surface area (Å²) in [6.45, 7) is 6.40. The molecule has 86 valence electrons. The van der Waals surface area contributed by atoms with Gasteiger partial charge in [-0.05, 0) is 30.6 Å². The van der Waals surface area contributed by atoms with Gasteiger partial charge in [0.2, 0.25) is 0 Å². The zero-order valence-electron chi connectivity index (χ0n) is 9.71. The molecule has 0 radical (unpaired) electrons. The van der Waals surface area contributed by atoms with Gasteiger partial charge in [-0.1, -0.05) is 20.8 Å². The third-order valence-corrected chi connectivity index (χ3v) is 5.49. The van der Waals surface area contributed by atoms with E-state index in [0.717, 1.165) is 12.8 Å². The van der Waals surface area contributed by atoms with Gasteiger partial charge < -0.3 is 10.2 Å². The molecule has 0 aromatic rings. The molecule has 0 amide bonds. The lowest BCUT2D eigenvalue weighted by Gasteiger charge is -2.44. The summed E-state index contributed by atoms with van der Waals surface area (Å²) in [7, 11) is 0. The zero-order valence-corrected chi connectivity index (χ0v) is 9.71. The molecule has 3 heteroatoms. The van der Waals surface area contributed by atoms with Crippen molar-refractivity contribution in [1.29, 1.82) is 0 Å². The number of fused-ring (bicyclic) bond motifs is 2. The summed E-state index contributed by atoms with van der Waals surface area (Å²) >= 11 is 0. The lowest BCUT2D eigenvalue weighted by Crippen LogP contribution is -2.48. The van der Waals surface area contributed by atoms with Crippen LogP contribution in [0.25, 0.3) is 0 Å². The van der Waals surface area contributed by atoms with Gasteiger partial charge in [0, 0.05) is 5.41 Å². The standard InChI is InChI=1S/C12H20O3/c1-10(2)8-4-5-11(10,3)12(15,6-8)7-9(13)14/h8,15H,4-7H2,1-3H3,(H,13,14)/t8-,11+,12+/m0/s1. The van der Waals surface area contributed by atoms with E-state index in [-0.39, 0.29) is 17.3 Å². The zero-order chi connectivity index (χ0) is 11.5. The van der Waals surface area contributed by atoms with E-state index in [1.807, 2.05) is 0 Å². The van der Waals surface area contributed by atoms with Crippen LogP contribution in [0, 0.1) is 16.7 Å². The highest BCUT2D eigenvalue weighted by molar-refractivity contribution is 5.68. The summed E-state index contributed by atoms with van der Waals surface area (Å²) in [5, 5.41) is 19.5. The SMILES string of the molecule is CC1(C)[C@H]2CC[C@@]1(C)[C@](O)(CC(=O)O)C2. The van der Waals surface area contributed by atoms with Crippen molar-refractivity contribution in [2.24, 2.45) is 16.7 Å². The number of hydrogen-bond acceptors (Lipinski definition) is 2. The molecule has 0 aromatic heterocycles. The van der Waals surface area contributed by atoms with Gasteiger partial charge >= 0.3 is 5.97 Å². The molecule has 2 fully saturated rings. The van der Waals surface area contributed by atoms with Gasteiger partial charge in [0.05, 0.1) is 12.0 Å². The fourth-order valence-electron chi connectivity index (χ4n) is 3.94. The Morgan fingerprint density at radius 3 is 2.33 bits per heavy atom. The highest BCUT2D eigenvalue weighted by Crippen LogP contribution is 2.70. The molecular formula is C12H20O3. The summed E-state index contributed by atoms with van der Waals surface area (Å²) in [4.78, 5) is 10.8. The number of carbonyl (C=O) groups is 1. The van der Waals surface area contributed by atoms with Crippen molar-refractivity contribution in [3.8, 4) is 0 Å². The normalized spacial score (nSPS) is 47.1. The summed E-state index contributed by atoms with van der Waals surface area (Å²) in [5.74, 6) is -0.408. The van der Waals surface area contributed by atoms with E-state index in [9.17, 15) is 9.90 Å². The maximum atomic E-state index is 10.8. The van der Waals surface area contributed by atoms with Gasteiger partial charge in [-0.15, -0.1) is 0 Å². The second-order valence-electron chi connectivity index (χ2n) is 6.10. The Hall–Kier alpha value is -0.570. The van der Waals surface area contributed by atoms with Gasteiger partial charge in [0.25, 0.3) is 0 Å². The molecule has 0 saturated heterocycles. The maximum absolute atomic E-state index is 10.8. The first kappa shape index (κ1) is 10.9. The molecule has 2 aliphatic carbocycles. The third kappa shape index (κ3) is 1.13. The van der Waals surface area contributed by atoms with E-state index in [2.05, 4.69) is 20.8 Å². The number of carboxylic acids is 1. The van der Waals surface area contributed by atoms with Crippen LogP contribution in [-0.4, -0.2) is 21.8 Å². The fraction of sp³-hybridized carbons (Fsp3) is 0.917. The molecule has 2 bridgehead atoms. The summed E-state index contributed by atoms with van der Waals surface area (Å²) in [6.07, 6.45) is 2.63. The maximum Gasteiger partial charge on any atom is 0.306 e. The molecule has 2 saturated carbocycles. The van der Waals surface area contributed by atoms with Gasteiger partial charge in [0.15, 0.2) is 0 Å². The number of aliphatic hydroxyl groups is 1. The Morgan fingerprint density at radius 2 is 2.00 bits per heavy atom. The predicted molar refractivity (Wildman–Crippen MR) is 56.4 cm³/mol. The first-order valence-corrected chi connectivity index (χ1v) is 5.67. The topological polar surface area (TPSA) is 57.5 Å². The van der Waals surface area contributed by atoms with Crippen LogP contribution in [0.1, 0.15) is 46.5 Å². The van der Waals surface area contributed by atoms with Crippen LogP contribution in [0.4, 0.5) is 0 Å². The van der Waals surface area contributed by atoms with Gasteiger partial charge in [0.1, 0.15) is 0 Å². The number of rotatable bonds is 2. The minimum atomic E-state index is -0.995. The van der Waals surface area contributed by atoms with Crippen LogP contribution in [-0.2, 0) is 4.79 Å². The average molecular weight is 212 g/mol. The molecule has 15 heavy (non-hydrogen) atoms. The van der Waals surface area contributed by atoms with Crippen molar-refractivity contribution in [2.75, 3.05) is 0 Å². The quantitative estimate of drug-likeness (QED) is 0.736. The first-order chi connectivity index (χ1) is 6.73. The van der Waals surface area contributed by atoms with Crippen LogP contribution in [0.15, 0.2) is 0 Å². The van der Waals surface area contributed by atoms with Crippen LogP contribution in [0.2, 0.25) is 0 Å². The smallest absolute Gasteiger partial charge is 0.306 e. The van der Waals surface area contributed by atoms with Crippen molar-refractivity contribution in [3.63, 3.8) is 0 Å². The molecule has 3 nitrogen and oxygen atoms in total. The molecule has 2 N–H and O–H groups in total. The Balaban J connectivity index is 2.36. The highest BCUT2D eigenvalue weighted by atomic mass is 16.4. The Bertz CT molecular complexity index is 310. The van der Waals surface area contributed by atoms with Crippen molar-refractivity contribution >= 4 is 5.97 Å². The third-order valence-electron chi connectivity index (χ3n) is 5.49. The number of aliphatic carboxylic acids is 1. The van der Waals surface area contributed by atoms with E-state index < -0.39 is 11.6 Å². The number of carboxylic acid groups (broad SMARTS) is 1. The second-order valence-corrected chi connectivity index (χ2v) is 6.10. The lowest BCUT2D eigenvalue weighted by molar-refractivity contribution is -0.152. The van der Waals surface area contributed by atoms with E-state index in [1.54, 1.807) is 0 Å². The van der Waals surface area contributed by atoms with Crippen LogP contribution >= 0.6 is 0 Å². The van der Waals surface area contributed by atoms with Gasteiger partial charge in [-0.3, -0.25) is 4.79 Å². The molecular weight excluding hydrogens is 192 g/mol. The summed E-state index contributed by atoms with van der Waals surface area (Å²) < 4.78 is 0. The van der Waals surface area contributed by atoms with Gasteiger partial charge in [-0.2, -0.15) is 0 Å². The van der Waals surface area contributed by atoms with Crippen molar-refractivity contribution < 1.29 is 15.0 Å².